The molecule has 0 aromatic heterocycles. The molecule has 0 radical (unpaired) electrons. The first-order valence-electron chi connectivity index (χ1n) is 9.52. The number of ether oxygens (including phenoxy) is 2. The Kier molecular flexibility index (Phi) is 6.71. The molecule has 2 aromatic rings. The van der Waals surface area contributed by atoms with Crippen LogP contribution in [0.1, 0.15) is 25.3 Å². The highest BCUT2D eigenvalue weighted by Crippen LogP contribution is 2.26. The van der Waals surface area contributed by atoms with Gasteiger partial charge in [-0.25, -0.2) is 0 Å². The highest BCUT2D eigenvalue weighted by atomic mass is 16.5. The third-order valence-corrected chi connectivity index (χ3v) is 4.93. The first-order chi connectivity index (χ1) is 13.2. The van der Waals surface area contributed by atoms with E-state index in [1.54, 1.807) is 14.0 Å². The molecule has 144 valence electrons. The molecule has 5 nitrogen and oxygen atoms in total. The molecule has 0 spiro atoms. The Hall–Kier alpha value is -2.53. The van der Waals surface area contributed by atoms with E-state index in [0.717, 1.165) is 32.5 Å². The molecule has 1 atom stereocenters. The molecule has 1 aliphatic heterocycles. The van der Waals surface area contributed by atoms with Crippen LogP contribution in [0.25, 0.3) is 0 Å². The topological polar surface area (TPSA) is 50.8 Å². The minimum atomic E-state index is -0.566. The van der Waals surface area contributed by atoms with Crippen LogP contribution in [0.5, 0.6) is 11.5 Å². The summed E-state index contributed by atoms with van der Waals surface area (Å²) in [4.78, 5) is 14.9. The molecular formula is C22H28N2O3. The number of likely N-dealkylation sites (tertiary alicyclic amines) is 1. The Morgan fingerprint density at radius 2 is 1.70 bits per heavy atom. The number of benzene rings is 2. The second-order valence-electron chi connectivity index (χ2n) is 6.96. The normalized spacial score (nSPS) is 16.5. The predicted octanol–water partition coefficient (Wildman–Crippen LogP) is 3.24. The van der Waals surface area contributed by atoms with E-state index in [1.807, 2.05) is 30.3 Å². The number of methoxy groups -OCH3 is 1. The van der Waals surface area contributed by atoms with Crippen molar-refractivity contribution in [2.45, 2.75) is 38.5 Å². The number of carbonyl (C=O) groups is 1. The monoisotopic (exact) mass is 368 g/mol. The number of piperidine rings is 1. The van der Waals surface area contributed by atoms with Crippen LogP contribution in [0, 0.1) is 0 Å². The van der Waals surface area contributed by atoms with Gasteiger partial charge in [0.25, 0.3) is 5.91 Å². The van der Waals surface area contributed by atoms with Crippen molar-refractivity contribution < 1.29 is 14.3 Å². The lowest BCUT2D eigenvalue weighted by molar-refractivity contribution is -0.128. The molecule has 0 bridgehead atoms. The van der Waals surface area contributed by atoms with Gasteiger partial charge in [-0.3, -0.25) is 9.69 Å². The molecule has 1 fully saturated rings. The zero-order chi connectivity index (χ0) is 19.1. The molecule has 0 aliphatic carbocycles. The van der Waals surface area contributed by atoms with E-state index < -0.39 is 6.10 Å². The van der Waals surface area contributed by atoms with Gasteiger partial charge in [0, 0.05) is 25.7 Å². The van der Waals surface area contributed by atoms with E-state index in [2.05, 4.69) is 34.5 Å². The standard InChI is InChI=1S/C22H28N2O3/c1-17(27-21-11-7-6-10-20(21)26-2)22(25)23-19-12-14-24(15-13-19)16-18-8-4-3-5-9-18/h3-11,17,19H,12-16H2,1-2H3,(H,23,25)/t17-/m1/s1. The number of carbonyl (C=O) groups excluding carboxylic acids is 1. The van der Waals surface area contributed by atoms with Gasteiger partial charge in [0.2, 0.25) is 0 Å². The lowest BCUT2D eigenvalue weighted by atomic mass is 10.0. The maximum absolute atomic E-state index is 12.5. The lowest BCUT2D eigenvalue weighted by Crippen LogP contribution is -2.47. The molecule has 5 heteroatoms. The largest absolute Gasteiger partial charge is 0.493 e. The number of rotatable bonds is 7. The molecule has 1 N–H and O–H groups in total. The van der Waals surface area contributed by atoms with Crippen molar-refractivity contribution in [2.75, 3.05) is 20.2 Å². The van der Waals surface area contributed by atoms with Gasteiger partial charge >= 0.3 is 0 Å². The summed E-state index contributed by atoms with van der Waals surface area (Å²) in [5, 5.41) is 3.13. The summed E-state index contributed by atoms with van der Waals surface area (Å²) in [7, 11) is 1.59. The summed E-state index contributed by atoms with van der Waals surface area (Å²) in [6.07, 6.45) is 1.35. The average Bonchev–Trinajstić information content (AvgIpc) is 2.70. The first kappa shape index (κ1) is 19.2. The second kappa shape index (κ2) is 9.42. The number of hydrogen-bond donors (Lipinski definition) is 1. The summed E-state index contributed by atoms with van der Waals surface area (Å²) < 4.78 is 11.1. The first-order valence-corrected chi connectivity index (χ1v) is 9.52. The van der Waals surface area contributed by atoms with Crippen LogP contribution in [0.15, 0.2) is 54.6 Å². The van der Waals surface area contributed by atoms with Gasteiger partial charge in [-0.2, -0.15) is 0 Å². The van der Waals surface area contributed by atoms with E-state index >= 15 is 0 Å². The summed E-state index contributed by atoms with van der Waals surface area (Å²) in [6, 6.07) is 18.1. The lowest BCUT2D eigenvalue weighted by Gasteiger charge is -2.32. The smallest absolute Gasteiger partial charge is 0.260 e. The molecule has 0 unspecified atom stereocenters. The van der Waals surface area contributed by atoms with Crippen molar-refractivity contribution >= 4 is 5.91 Å². The fraction of sp³-hybridized carbons (Fsp3) is 0.409. The average molecular weight is 368 g/mol. The molecule has 2 aromatic carbocycles. The maximum atomic E-state index is 12.5. The van der Waals surface area contributed by atoms with Crippen LogP contribution in [0.4, 0.5) is 0 Å². The highest BCUT2D eigenvalue weighted by Gasteiger charge is 2.24. The van der Waals surface area contributed by atoms with Gasteiger partial charge in [-0.1, -0.05) is 42.5 Å². The van der Waals surface area contributed by atoms with Gasteiger partial charge in [0.15, 0.2) is 17.6 Å². The predicted molar refractivity (Wildman–Crippen MR) is 106 cm³/mol. The molecular weight excluding hydrogens is 340 g/mol. The molecule has 3 rings (SSSR count). The van der Waals surface area contributed by atoms with E-state index in [9.17, 15) is 4.79 Å². The molecule has 1 heterocycles. The van der Waals surface area contributed by atoms with Crippen molar-refractivity contribution in [1.82, 2.24) is 10.2 Å². The van der Waals surface area contributed by atoms with E-state index in [-0.39, 0.29) is 11.9 Å². The minimum absolute atomic E-state index is 0.0811. The van der Waals surface area contributed by atoms with Gasteiger partial charge in [0.05, 0.1) is 7.11 Å². The SMILES string of the molecule is COc1ccccc1O[C@H](C)C(=O)NC1CCN(Cc2ccccc2)CC1. The summed E-state index contributed by atoms with van der Waals surface area (Å²) >= 11 is 0. The van der Waals surface area contributed by atoms with Gasteiger partial charge in [-0.15, -0.1) is 0 Å². The summed E-state index contributed by atoms with van der Waals surface area (Å²) in [6.45, 7) is 4.71. The van der Waals surface area contributed by atoms with E-state index in [1.165, 1.54) is 5.56 Å². The maximum Gasteiger partial charge on any atom is 0.260 e. The fourth-order valence-electron chi connectivity index (χ4n) is 3.36. The zero-order valence-corrected chi connectivity index (χ0v) is 16.1. The number of amides is 1. The number of para-hydroxylation sites is 2. The zero-order valence-electron chi connectivity index (χ0n) is 16.1. The van der Waals surface area contributed by atoms with Crippen LogP contribution < -0.4 is 14.8 Å². The van der Waals surface area contributed by atoms with Gasteiger partial charge in [-0.05, 0) is 37.5 Å². The number of nitrogens with one attached hydrogen (secondary N) is 1. The molecule has 27 heavy (non-hydrogen) atoms. The highest BCUT2D eigenvalue weighted by molar-refractivity contribution is 5.81. The molecule has 1 saturated heterocycles. The van der Waals surface area contributed by atoms with E-state index in [0.29, 0.717) is 11.5 Å². The third-order valence-electron chi connectivity index (χ3n) is 4.93. The van der Waals surface area contributed by atoms with Crippen molar-refractivity contribution in [3.8, 4) is 11.5 Å². The fourth-order valence-corrected chi connectivity index (χ4v) is 3.36. The van der Waals surface area contributed by atoms with Gasteiger partial charge < -0.3 is 14.8 Å². The number of hydrogen-bond acceptors (Lipinski definition) is 4. The van der Waals surface area contributed by atoms with Crippen molar-refractivity contribution in [2.24, 2.45) is 0 Å². The van der Waals surface area contributed by atoms with Crippen LogP contribution in [-0.2, 0) is 11.3 Å². The van der Waals surface area contributed by atoms with Crippen molar-refractivity contribution in [3.63, 3.8) is 0 Å². The number of nitrogens with zero attached hydrogens (tertiary/aromatic N) is 1. The van der Waals surface area contributed by atoms with Crippen molar-refractivity contribution in [3.05, 3.63) is 60.2 Å². The minimum Gasteiger partial charge on any atom is -0.493 e. The summed E-state index contributed by atoms with van der Waals surface area (Å²) in [5.41, 5.74) is 1.33. The van der Waals surface area contributed by atoms with Crippen LogP contribution >= 0.6 is 0 Å². The molecule has 1 aliphatic rings. The molecule has 0 saturated carbocycles. The Bertz CT molecular complexity index is 727. The van der Waals surface area contributed by atoms with Crippen molar-refractivity contribution in [1.29, 1.82) is 0 Å². The van der Waals surface area contributed by atoms with Crippen LogP contribution in [-0.4, -0.2) is 43.2 Å². The Balaban J connectivity index is 1.45. The Labute approximate surface area is 161 Å². The Morgan fingerprint density at radius 1 is 1.07 bits per heavy atom. The van der Waals surface area contributed by atoms with Crippen LogP contribution in [0.3, 0.4) is 0 Å². The van der Waals surface area contributed by atoms with Gasteiger partial charge in [0.1, 0.15) is 0 Å². The second-order valence-corrected chi connectivity index (χ2v) is 6.96. The van der Waals surface area contributed by atoms with Crippen LogP contribution in [0.2, 0.25) is 0 Å². The third kappa shape index (κ3) is 5.47. The Morgan fingerprint density at radius 3 is 2.37 bits per heavy atom. The summed E-state index contributed by atoms with van der Waals surface area (Å²) in [5.74, 6) is 1.13. The van der Waals surface area contributed by atoms with E-state index in [4.69, 9.17) is 9.47 Å². The molecule has 1 amide bonds. The quantitative estimate of drug-likeness (QED) is 0.815.